The Morgan fingerprint density at radius 2 is 1.82 bits per heavy atom. The van der Waals surface area contributed by atoms with Gasteiger partial charge in [-0.05, 0) is 37.6 Å². The number of nitrogen functional groups attached to an aromatic ring is 1. The summed E-state index contributed by atoms with van der Waals surface area (Å²) >= 11 is 0. The molecule has 0 spiro atoms. The number of carbonyl (C=O) groups excluding carboxylic acids is 1. The van der Waals surface area contributed by atoms with Crippen molar-refractivity contribution in [2.45, 2.75) is 19.3 Å². The van der Waals surface area contributed by atoms with E-state index in [1.165, 1.54) is 12.4 Å². The Labute approximate surface area is 192 Å². The van der Waals surface area contributed by atoms with Crippen LogP contribution in [0.25, 0.3) is 0 Å². The van der Waals surface area contributed by atoms with Crippen LogP contribution >= 0.6 is 0 Å². The van der Waals surface area contributed by atoms with E-state index in [4.69, 9.17) is 11.1 Å². The number of nitrogens with zero attached hydrogens (tertiary/aromatic N) is 4. The van der Waals surface area contributed by atoms with Gasteiger partial charge in [0.05, 0.1) is 11.3 Å². The monoisotopic (exact) mass is 457 g/mol. The molecule has 2 aromatic rings. The van der Waals surface area contributed by atoms with Crippen LogP contribution in [0.4, 0.5) is 20.4 Å². The molecule has 176 valence electrons. The number of anilines is 2. The molecule has 1 aromatic heterocycles. The molecule has 0 bridgehead atoms. The van der Waals surface area contributed by atoms with Crippen LogP contribution in [0.5, 0.6) is 0 Å². The summed E-state index contributed by atoms with van der Waals surface area (Å²) < 4.78 is 27.2. The fraction of sp³-hybridized carbons (Fsp3) is 0.391. The van der Waals surface area contributed by atoms with Gasteiger partial charge in [-0.25, -0.2) is 18.7 Å². The van der Waals surface area contributed by atoms with Crippen LogP contribution in [-0.2, 0) is 4.79 Å². The third-order valence-electron chi connectivity index (χ3n) is 5.58. The van der Waals surface area contributed by atoms with Gasteiger partial charge in [0.25, 0.3) is 0 Å². The van der Waals surface area contributed by atoms with Crippen LogP contribution in [0.1, 0.15) is 30.4 Å². The minimum absolute atomic E-state index is 0.0129. The number of nitrogens with one attached hydrogen (secondary N) is 2. The molecule has 1 amide bonds. The fourth-order valence-electron chi connectivity index (χ4n) is 3.79. The number of hydrogen-bond acceptors (Lipinski definition) is 7. The topological polar surface area (TPSA) is 111 Å². The molecule has 0 atom stereocenters. The summed E-state index contributed by atoms with van der Waals surface area (Å²) in [5.41, 5.74) is 6.08. The van der Waals surface area contributed by atoms with E-state index in [1.54, 1.807) is 0 Å². The van der Waals surface area contributed by atoms with Crippen molar-refractivity contribution in [3.63, 3.8) is 0 Å². The molecule has 0 aliphatic carbocycles. The molecule has 33 heavy (non-hydrogen) atoms. The maximum absolute atomic E-state index is 13.6. The molecule has 8 nitrogen and oxygen atoms in total. The Hall–Kier alpha value is -3.40. The molecule has 1 aliphatic heterocycles. The Morgan fingerprint density at radius 1 is 1.12 bits per heavy atom. The smallest absolute Gasteiger partial charge is 0.246 e. The molecule has 0 radical (unpaired) electrons. The zero-order chi connectivity index (χ0) is 23.8. The summed E-state index contributed by atoms with van der Waals surface area (Å²) in [4.78, 5) is 23.9. The van der Waals surface area contributed by atoms with Crippen molar-refractivity contribution < 1.29 is 13.6 Å². The van der Waals surface area contributed by atoms with Crippen molar-refractivity contribution in [3.05, 3.63) is 59.9 Å². The highest BCUT2D eigenvalue weighted by Gasteiger charge is 2.19. The lowest BCUT2D eigenvalue weighted by Gasteiger charge is -2.34. The number of benzene rings is 1. The normalized spacial score (nSPS) is 14.2. The van der Waals surface area contributed by atoms with E-state index < -0.39 is 11.6 Å². The van der Waals surface area contributed by atoms with E-state index in [1.807, 2.05) is 4.90 Å². The number of amides is 1. The Morgan fingerprint density at radius 3 is 2.48 bits per heavy atom. The lowest BCUT2D eigenvalue weighted by Crippen LogP contribution is -2.48. The number of carbonyl (C=O) groups is 1. The van der Waals surface area contributed by atoms with Crippen molar-refractivity contribution in [1.82, 2.24) is 19.8 Å². The summed E-state index contributed by atoms with van der Waals surface area (Å²) in [6, 6.07) is 2.91. The van der Waals surface area contributed by atoms with E-state index in [0.717, 1.165) is 70.2 Å². The first-order valence-electron chi connectivity index (χ1n) is 10.9. The predicted molar refractivity (Wildman–Crippen MR) is 124 cm³/mol. The van der Waals surface area contributed by atoms with Crippen LogP contribution in [0.3, 0.4) is 0 Å². The van der Waals surface area contributed by atoms with Gasteiger partial charge in [-0.15, -0.1) is 0 Å². The number of unbranched alkanes of at least 4 members (excludes halogenated alkanes) is 2. The molecule has 1 aliphatic rings. The number of aromatic nitrogens is 2. The second kappa shape index (κ2) is 11.5. The molecule has 1 fully saturated rings. The van der Waals surface area contributed by atoms with Crippen LogP contribution in [-0.4, -0.2) is 70.7 Å². The zero-order valence-corrected chi connectivity index (χ0v) is 18.5. The van der Waals surface area contributed by atoms with Gasteiger partial charge in [0.2, 0.25) is 5.91 Å². The molecular formula is C23H29F2N7O. The highest BCUT2D eigenvalue weighted by molar-refractivity contribution is 6.16. The van der Waals surface area contributed by atoms with Gasteiger partial charge >= 0.3 is 0 Å². The SMILES string of the molecule is C=CC(=O)N1CCN(CCCCCNc2ncnc(N)c2C(=N)c2cc(F)cc(F)c2)CC1. The highest BCUT2D eigenvalue weighted by Crippen LogP contribution is 2.22. The summed E-state index contributed by atoms with van der Waals surface area (Å²) in [6.45, 7) is 8.29. The highest BCUT2D eigenvalue weighted by atomic mass is 19.1. The Bertz CT molecular complexity index is 986. The third kappa shape index (κ3) is 6.55. The Balaban J connectivity index is 1.47. The van der Waals surface area contributed by atoms with Crippen LogP contribution in [0, 0.1) is 17.0 Å². The molecule has 0 saturated carbocycles. The van der Waals surface area contributed by atoms with E-state index in [-0.39, 0.29) is 28.6 Å². The first-order chi connectivity index (χ1) is 15.9. The van der Waals surface area contributed by atoms with Crippen molar-refractivity contribution in [2.75, 3.05) is 50.3 Å². The van der Waals surface area contributed by atoms with Gasteiger partial charge in [0, 0.05) is 44.4 Å². The fourth-order valence-corrected chi connectivity index (χ4v) is 3.79. The predicted octanol–water partition coefficient (Wildman–Crippen LogP) is 2.67. The number of nitrogens with two attached hydrogens (primary N) is 1. The quantitative estimate of drug-likeness (QED) is 0.287. The van der Waals surface area contributed by atoms with Gasteiger partial charge in [-0.2, -0.15) is 0 Å². The molecule has 2 heterocycles. The summed E-state index contributed by atoms with van der Waals surface area (Å²) in [5.74, 6) is -1.13. The first-order valence-corrected chi connectivity index (χ1v) is 10.9. The van der Waals surface area contributed by atoms with E-state index in [0.29, 0.717) is 12.4 Å². The molecule has 1 saturated heterocycles. The van der Waals surface area contributed by atoms with E-state index in [2.05, 4.69) is 26.8 Å². The van der Waals surface area contributed by atoms with Crippen molar-refractivity contribution in [3.8, 4) is 0 Å². The van der Waals surface area contributed by atoms with Gasteiger partial charge in [-0.1, -0.05) is 13.0 Å². The van der Waals surface area contributed by atoms with Gasteiger partial charge in [0.1, 0.15) is 29.6 Å². The molecule has 1 aromatic carbocycles. The number of hydrogen-bond donors (Lipinski definition) is 3. The molecular weight excluding hydrogens is 428 g/mol. The maximum atomic E-state index is 13.6. The second-order valence-corrected chi connectivity index (χ2v) is 7.87. The summed E-state index contributed by atoms with van der Waals surface area (Å²) in [5, 5.41) is 11.6. The molecule has 4 N–H and O–H groups in total. The van der Waals surface area contributed by atoms with Gasteiger partial charge in [-0.3, -0.25) is 15.1 Å². The minimum atomic E-state index is -0.770. The van der Waals surface area contributed by atoms with E-state index in [9.17, 15) is 13.6 Å². The summed E-state index contributed by atoms with van der Waals surface area (Å²) in [7, 11) is 0. The number of piperazine rings is 1. The second-order valence-electron chi connectivity index (χ2n) is 7.87. The van der Waals surface area contributed by atoms with Gasteiger partial charge < -0.3 is 16.0 Å². The number of halogens is 2. The van der Waals surface area contributed by atoms with Gasteiger partial charge in [0.15, 0.2) is 0 Å². The zero-order valence-electron chi connectivity index (χ0n) is 18.5. The molecule has 0 unspecified atom stereocenters. The van der Waals surface area contributed by atoms with Crippen LogP contribution < -0.4 is 11.1 Å². The minimum Gasteiger partial charge on any atom is -0.383 e. The number of rotatable bonds is 10. The Kier molecular flexibility index (Phi) is 8.42. The largest absolute Gasteiger partial charge is 0.383 e. The van der Waals surface area contributed by atoms with E-state index >= 15 is 0 Å². The average molecular weight is 458 g/mol. The molecule has 10 heteroatoms. The lowest BCUT2D eigenvalue weighted by molar-refractivity contribution is -0.127. The van der Waals surface area contributed by atoms with Crippen molar-refractivity contribution in [1.29, 1.82) is 5.41 Å². The average Bonchev–Trinajstić information content (AvgIpc) is 2.80. The third-order valence-corrected chi connectivity index (χ3v) is 5.58. The standard InChI is InChI=1S/C23H29F2N7O/c1-2-19(33)32-10-8-31(9-11-32)7-5-3-4-6-28-23-20(22(27)29-15-30-23)21(26)16-12-17(24)14-18(25)13-16/h2,12-15,26H,1,3-11H2,(H3,27,28,29,30). The maximum Gasteiger partial charge on any atom is 0.246 e. The molecule has 3 rings (SSSR count). The van der Waals surface area contributed by atoms with Crippen LogP contribution in [0.2, 0.25) is 0 Å². The summed E-state index contributed by atoms with van der Waals surface area (Å²) in [6.07, 6.45) is 5.53. The van der Waals surface area contributed by atoms with Crippen molar-refractivity contribution in [2.24, 2.45) is 0 Å². The lowest BCUT2D eigenvalue weighted by atomic mass is 10.0. The van der Waals surface area contributed by atoms with Crippen LogP contribution in [0.15, 0.2) is 37.2 Å². The van der Waals surface area contributed by atoms with Crippen molar-refractivity contribution >= 4 is 23.3 Å². The first kappa shape index (κ1) is 24.2.